The lowest BCUT2D eigenvalue weighted by molar-refractivity contribution is -0.142. The Morgan fingerprint density at radius 3 is 2.12 bits per heavy atom. The molecule has 0 aromatic heterocycles. The summed E-state index contributed by atoms with van der Waals surface area (Å²) in [5.74, 6) is -0.136. The summed E-state index contributed by atoms with van der Waals surface area (Å²) in [5, 5.41) is 12.0. The highest BCUT2D eigenvalue weighted by molar-refractivity contribution is 5.92. The molecule has 0 saturated carbocycles. The van der Waals surface area contributed by atoms with Gasteiger partial charge in [-0.25, -0.2) is 0 Å². The molecule has 6 heteroatoms. The first-order chi connectivity index (χ1) is 12.3. The number of para-hydroxylation sites is 2. The van der Waals surface area contributed by atoms with E-state index in [0.29, 0.717) is 29.4 Å². The van der Waals surface area contributed by atoms with Gasteiger partial charge in [0.25, 0.3) is 5.91 Å². The minimum atomic E-state index is -0.991. The van der Waals surface area contributed by atoms with Gasteiger partial charge in [0.1, 0.15) is 0 Å². The fraction of sp³-hybridized carbons (Fsp3) is 0.300. The van der Waals surface area contributed by atoms with E-state index in [-0.39, 0.29) is 12.5 Å². The monoisotopic (exact) mass is 357 g/mol. The van der Waals surface area contributed by atoms with Gasteiger partial charge in [-0.2, -0.15) is 0 Å². The first kappa shape index (κ1) is 19.3. The molecule has 0 aliphatic rings. The number of carboxylic acids is 1. The zero-order valence-electron chi connectivity index (χ0n) is 15.1. The zero-order chi connectivity index (χ0) is 19.2. The number of aliphatic carboxylic acids is 1. The van der Waals surface area contributed by atoms with Gasteiger partial charge in [-0.1, -0.05) is 24.3 Å². The van der Waals surface area contributed by atoms with Crippen LogP contribution in [-0.2, 0) is 15.0 Å². The van der Waals surface area contributed by atoms with Gasteiger partial charge in [-0.3, -0.25) is 9.59 Å². The van der Waals surface area contributed by atoms with Gasteiger partial charge in [0, 0.05) is 5.69 Å². The van der Waals surface area contributed by atoms with Crippen LogP contribution in [0, 0.1) is 0 Å². The second-order valence-corrected chi connectivity index (χ2v) is 6.22. The van der Waals surface area contributed by atoms with Gasteiger partial charge in [-0.05, 0) is 50.6 Å². The molecular formula is C20H23NO5. The van der Waals surface area contributed by atoms with Crippen molar-refractivity contribution in [3.05, 3.63) is 54.1 Å². The van der Waals surface area contributed by atoms with E-state index in [0.717, 1.165) is 0 Å². The van der Waals surface area contributed by atoms with Crippen molar-refractivity contribution in [2.24, 2.45) is 0 Å². The molecule has 6 nitrogen and oxygen atoms in total. The van der Waals surface area contributed by atoms with Crippen LogP contribution in [0.3, 0.4) is 0 Å². The lowest BCUT2D eigenvalue weighted by Gasteiger charge is -2.20. The number of carboxylic acid groups (broad SMARTS) is 1. The molecule has 1 amide bonds. The highest BCUT2D eigenvalue weighted by atomic mass is 16.5. The third-order valence-electron chi connectivity index (χ3n) is 3.93. The van der Waals surface area contributed by atoms with Gasteiger partial charge in [0.05, 0.1) is 12.0 Å². The number of amides is 1. The van der Waals surface area contributed by atoms with Crippen LogP contribution in [0.4, 0.5) is 5.69 Å². The number of nitrogens with one attached hydrogen (secondary N) is 1. The molecule has 0 aliphatic carbocycles. The van der Waals surface area contributed by atoms with Crippen LogP contribution in [0.5, 0.6) is 11.5 Å². The quantitative estimate of drug-likeness (QED) is 0.756. The second kappa shape index (κ2) is 8.38. The fourth-order valence-corrected chi connectivity index (χ4v) is 2.28. The average Bonchev–Trinajstić information content (AvgIpc) is 2.61. The number of carbonyl (C=O) groups is 2. The minimum absolute atomic E-state index is 0.160. The first-order valence-corrected chi connectivity index (χ1v) is 8.33. The summed E-state index contributed by atoms with van der Waals surface area (Å²) in [6.07, 6.45) is 0. The fourth-order valence-electron chi connectivity index (χ4n) is 2.28. The molecule has 0 radical (unpaired) electrons. The van der Waals surface area contributed by atoms with Crippen LogP contribution in [-0.4, -0.2) is 30.2 Å². The van der Waals surface area contributed by atoms with Crippen LogP contribution in [0.1, 0.15) is 26.3 Å². The van der Waals surface area contributed by atoms with Crippen molar-refractivity contribution in [2.75, 3.05) is 18.5 Å². The summed E-state index contributed by atoms with van der Waals surface area (Å²) in [6.45, 7) is 5.48. The molecule has 26 heavy (non-hydrogen) atoms. The molecular weight excluding hydrogens is 334 g/mol. The van der Waals surface area contributed by atoms with Crippen molar-refractivity contribution in [1.82, 2.24) is 0 Å². The predicted octanol–water partition coefficient (Wildman–Crippen LogP) is 3.47. The van der Waals surface area contributed by atoms with E-state index in [9.17, 15) is 14.7 Å². The van der Waals surface area contributed by atoms with Crippen molar-refractivity contribution in [2.45, 2.75) is 26.2 Å². The first-order valence-electron chi connectivity index (χ1n) is 8.33. The number of carbonyl (C=O) groups excluding carboxylic acids is 1. The van der Waals surface area contributed by atoms with Crippen LogP contribution < -0.4 is 14.8 Å². The number of benzene rings is 2. The van der Waals surface area contributed by atoms with Crippen molar-refractivity contribution < 1.29 is 24.2 Å². The summed E-state index contributed by atoms with van der Waals surface area (Å²) < 4.78 is 11.0. The van der Waals surface area contributed by atoms with Crippen LogP contribution >= 0.6 is 0 Å². The van der Waals surface area contributed by atoms with Crippen molar-refractivity contribution >= 4 is 17.6 Å². The van der Waals surface area contributed by atoms with Crippen molar-refractivity contribution in [3.8, 4) is 11.5 Å². The highest BCUT2D eigenvalue weighted by Crippen LogP contribution is 2.27. The molecule has 0 atom stereocenters. The summed E-state index contributed by atoms with van der Waals surface area (Å²) in [7, 11) is 0. The molecule has 2 aromatic carbocycles. The van der Waals surface area contributed by atoms with Crippen LogP contribution in [0.2, 0.25) is 0 Å². The van der Waals surface area contributed by atoms with E-state index < -0.39 is 11.4 Å². The standard InChI is InChI=1S/C20H23NO5/c1-4-25-16-7-5-6-8-17(16)26-13-18(22)21-15-11-9-14(10-12-15)20(2,3)19(23)24/h5-12H,4,13H2,1-3H3,(H,21,22)(H,23,24). The summed E-state index contributed by atoms with van der Waals surface area (Å²) in [5.41, 5.74) is 0.237. The summed E-state index contributed by atoms with van der Waals surface area (Å²) in [6, 6.07) is 13.9. The third kappa shape index (κ3) is 4.75. The Morgan fingerprint density at radius 2 is 1.58 bits per heavy atom. The van der Waals surface area contributed by atoms with Gasteiger partial charge in [0.15, 0.2) is 18.1 Å². The molecule has 2 N–H and O–H groups in total. The van der Waals surface area contributed by atoms with E-state index in [1.165, 1.54) is 0 Å². The molecule has 0 spiro atoms. The molecule has 0 aliphatic heterocycles. The lowest BCUT2D eigenvalue weighted by Crippen LogP contribution is -2.28. The smallest absolute Gasteiger partial charge is 0.313 e. The maximum atomic E-state index is 12.1. The Balaban J connectivity index is 1.95. The average molecular weight is 357 g/mol. The number of ether oxygens (including phenoxy) is 2. The minimum Gasteiger partial charge on any atom is -0.490 e. The van der Waals surface area contributed by atoms with Crippen LogP contribution in [0.25, 0.3) is 0 Å². The third-order valence-corrected chi connectivity index (χ3v) is 3.93. The Hall–Kier alpha value is -3.02. The maximum absolute atomic E-state index is 12.1. The molecule has 138 valence electrons. The predicted molar refractivity (Wildman–Crippen MR) is 98.8 cm³/mol. The van der Waals surface area contributed by atoms with E-state index in [4.69, 9.17) is 9.47 Å². The highest BCUT2D eigenvalue weighted by Gasteiger charge is 2.29. The molecule has 0 heterocycles. The van der Waals surface area contributed by atoms with E-state index in [2.05, 4.69) is 5.32 Å². The molecule has 0 bridgehead atoms. The van der Waals surface area contributed by atoms with Crippen LogP contribution in [0.15, 0.2) is 48.5 Å². The SMILES string of the molecule is CCOc1ccccc1OCC(=O)Nc1ccc(C(C)(C)C(=O)O)cc1. The van der Waals surface area contributed by atoms with Gasteiger partial charge < -0.3 is 19.9 Å². The second-order valence-electron chi connectivity index (χ2n) is 6.22. The van der Waals surface area contributed by atoms with Gasteiger partial charge in [-0.15, -0.1) is 0 Å². The van der Waals surface area contributed by atoms with E-state index in [1.807, 2.05) is 13.0 Å². The molecule has 0 saturated heterocycles. The number of hydrogen-bond donors (Lipinski definition) is 2. The largest absolute Gasteiger partial charge is 0.490 e. The number of hydrogen-bond acceptors (Lipinski definition) is 4. The lowest BCUT2D eigenvalue weighted by atomic mass is 9.85. The maximum Gasteiger partial charge on any atom is 0.313 e. The molecule has 2 aromatic rings. The molecule has 0 unspecified atom stereocenters. The molecule has 0 fully saturated rings. The molecule has 2 rings (SSSR count). The number of anilines is 1. The number of rotatable bonds is 8. The normalized spacial score (nSPS) is 10.9. The van der Waals surface area contributed by atoms with Crippen molar-refractivity contribution in [1.29, 1.82) is 0 Å². The van der Waals surface area contributed by atoms with Gasteiger partial charge >= 0.3 is 5.97 Å². The van der Waals surface area contributed by atoms with Gasteiger partial charge in [0.2, 0.25) is 0 Å². The Bertz CT molecular complexity index is 768. The summed E-state index contributed by atoms with van der Waals surface area (Å²) in [4.78, 5) is 23.4. The van der Waals surface area contributed by atoms with E-state index in [1.54, 1.807) is 56.3 Å². The van der Waals surface area contributed by atoms with Crippen molar-refractivity contribution in [3.63, 3.8) is 0 Å². The summed E-state index contributed by atoms with van der Waals surface area (Å²) >= 11 is 0. The Morgan fingerprint density at radius 1 is 1.00 bits per heavy atom. The zero-order valence-corrected chi connectivity index (χ0v) is 15.1. The Labute approximate surface area is 152 Å². The topological polar surface area (TPSA) is 84.9 Å². The van der Waals surface area contributed by atoms with E-state index >= 15 is 0 Å². The Kier molecular flexibility index (Phi) is 6.22.